The van der Waals surface area contributed by atoms with Crippen molar-refractivity contribution in [2.45, 2.75) is 20.8 Å². The van der Waals surface area contributed by atoms with Gasteiger partial charge in [-0.3, -0.25) is 0 Å². The zero-order valence-electron chi connectivity index (χ0n) is 10.1. The van der Waals surface area contributed by atoms with Crippen molar-refractivity contribution in [3.05, 3.63) is 22.7 Å². The highest BCUT2D eigenvalue weighted by atomic mass is 79.9. The Morgan fingerprint density at radius 3 is 2.44 bits per heavy atom. The Hall–Kier alpha value is -0.700. The molecule has 2 rings (SSSR count). The van der Waals surface area contributed by atoms with E-state index >= 15 is 0 Å². The molecule has 0 atom stereocenters. The van der Waals surface area contributed by atoms with Crippen LogP contribution in [0.5, 0.6) is 0 Å². The molecule has 0 amide bonds. The van der Waals surface area contributed by atoms with Crippen LogP contribution in [0.1, 0.15) is 20.8 Å². The van der Waals surface area contributed by atoms with Gasteiger partial charge in [-0.15, -0.1) is 0 Å². The predicted octanol–water partition coefficient (Wildman–Crippen LogP) is 3.51. The van der Waals surface area contributed by atoms with Crippen LogP contribution in [0, 0.1) is 11.3 Å². The monoisotopic (exact) mass is 282 g/mol. The fraction of sp³-hybridized carbons (Fsp3) is 0.538. The standard InChI is InChI=1S/C13H19BrN2/c1-13(2,3)9-7-16(8-9)10-4-5-12(15)11(14)6-10/h4-6,9H,7-8,15H2,1-3H3. The first-order chi connectivity index (χ1) is 7.38. The van der Waals surface area contributed by atoms with E-state index in [0.717, 1.165) is 29.2 Å². The van der Waals surface area contributed by atoms with Gasteiger partial charge in [-0.1, -0.05) is 20.8 Å². The Balaban J connectivity index is 2.04. The highest BCUT2D eigenvalue weighted by Crippen LogP contribution is 2.37. The van der Waals surface area contributed by atoms with E-state index in [-0.39, 0.29) is 0 Å². The number of nitrogens with zero attached hydrogens (tertiary/aromatic N) is 1. The summed E-state index contributed by atoms with van der Waals surface area (Å²) in [5.74, 6) is 0.795. The lowest BCUT2D eigenvalue weighted by molar-refractivity contribution is 0.195. The van der Waals surface area contributed by atoms with Gasteiger partial charge in [0, 0.05) is 28.9 Å². The van der Waals surface area contributed by atoms with Crippen molar-refractivity contribution >= 4 is 27.3 Å². The van der Waals surface area contributed by atoms with Crippen LogP contribution < -0.4 is 10.6 Å². The van der Waals surface area contributed by atoms with E-state index in [1.165, 1.54) is 5.69 Å². The minimum absolute atomic E-state index is 0.418. The van der Waals surface area contributed by atoms with Crippen molar-refractivity contribution in [1.82, 2.24) is 0 Å². The topological polar surface area (TPSA) is 29.3 Å². The summed E-state index contributed by atoms with van der Waals surface area (Å²) >= 11 is 3.47. The molecule has 3 heteroatoms. The van der Waals surface area contributed by atoms with Gasteiger partial charge in [-0.05, 0) is 45.5 Å². The molecule has 0 aromatic heterocycles. The summed E-state index contributed by atoms with van der Waals surface area (Å²) in [6, 6.07) is 6.16. The third-order valence-corrected chi connectivity index (χ3v) is 4.14. The lowest BCUT2D eigenvalue weighted by atomic mass is 9.76. The maximum absolute atomic E-state index is 5.78. The van der Waals surface area contributed by atoms with Crippen molar-refractivity contribution in [1.29, 1.82) is 0 Å². The van der Waals surface area contributed by atoms with Crippen molar-refractivity contribution < 1.29 is 0 Å². The van der Waals surface area contributed by atoms with Gasteiger partial charge in [-0.2, -0.15) is 0 Å². The van der Waals surface area contributed by atoms with Crippen LogP contribution in [0.4, 0.5) is 11.4 Å². The van der Waals surface area contributed by atoms with Gasteiger partial charge in [0.2, 0.25) is 0 Å². The second-order valence-electron chi connectivity index (χ2n) is 5.67. The number of hydrogen-bond acceptors (Lipinski definition) is 2. The number of halogens is 1. The molecule has 1 aliphatic heterocycles. The molecular formula is C13H19BrN2. The largest absolute Gasteiger partial charge is 0.398 e. The zero-order chi connectivity index (χ0) is 11.9. The van der Waals surface area contributed by atoms with Gasteiger partial charge in [0.25, 0.3) is 0 Å². The van der Waals surface area contributed by atoms with Gasteiger partial charge in [0.1, 0.15) is 0 Å². The van der Waals surface area contributed by atoms with Gasteiger partial charge in [0.15, 0.2) is 0 Å². The third kappa shape index (κ3) is 2.19. The summed E-state index contributed by atoms with van der Waals surface area (Å²) in [6.07, 6.45) is 0. The first-order valence-electron chi connectivity index (χ1n) is 5.68. The Kier molecular flexibility index (Phi) is 2.91. The second-order valence-corrected chi connectivity index (χ2v) is 6.53. The molecule has 1 fully saturated rings. The summed E-state index contributed by atoms with van der Waals surface area (Å²) in [5.41, 5.74) is 8.27. The van der Waals surface area contributed by atoms with Crippen LogP contribution in [0.25, 0.3) is 0 Å². The van der Waals surface area contributed by atoms with E-state index in [4.69, 9.17) is 5.73 Å². The van der Waals surface area contributed by atoms with Crippen LogP contribution in [0.15, 0.2) is 22.7 Å². The summed E-state index contributed by atoms with van der Waals surface area (Å²) in [5, 5.41) is 0. The first kappa shape index (κ1) is 11.8. The van der Waals surface area contributed by atoms with Gasteiger partial charge in [0.05, 0.1) is 0 Å². The molecular weight excluding hydrogens is 264 g/mol. The van der Waals surface area contributed by atoms with E-state index in [1.54, 1.807) is 0 Å². The molecule has 0 radical (unpaired) electrons. The van der Waals surface area contributed by atoms with Crippen molar-refractivity contribution in [3.63, 3.8) is 0 Å². The number of benzene rings is 1. The Bertz CT molecular complexity index is 389. The normalized spacial score (nSPS) is 17.4. The summed E-state index contributed by atoms with van der Waals surface area (Å²) in [6.45, 7) is 9.25. The minimum atomic E-state index is 0.418. The van der Waals surface area contributed by atoms with Crippen LogP contribution in [0.3, 0.4) is 0 Å². The van der Waals surface area contributed by atoms with E-state index in [2.05, 4.69) is 53.7 Å². The molecule has 1 saturated heterocycles. The fourth-order valence-corrected chi connectivity index (χ4v) is 2.32. The Labute approximate surface area is 106 Å². The minimum Gasteiger partial charge on any atom is -0.398 e. The van der Waals surface area contributed by atoms with Crippen LogP contribution in [-0.4, -0.2) is 13.1 Å². The quantitative estimate of drug-likeness (QED) is 0.799. The fourth-order valence-electron chi connectivity index (χ4n) is 1.95. The van der Waals surface area contributed by atoms with Crippen LogP contribution in [-0.2, 0) is 0 Å². The number of rotatable bonds is 1. The average molecular weight is 283 g/mol. The number of hydrogen-bond donors (Lipinski definition) is 1. The third-order valence-electron chi connectivity index (χ3n) is 3.46. The molecule has 0 spiro atoms. The van der Waals surface area contributed by atoms with Crippen LogP contribution in [0.2, 0.25) is 0 Å². The molecule has 0 saturated carbocycles. The molecule has 1 heterocycles. The van der Waals surface area contributed by atoms with E-state index < -0.39 is 0 Å². The molecule has 16 heavy (non-hydrogen) atoms. The smallest absolute Gasteiger partial charge is 0.0460 e. The first-order valence-corrected chi connectivity index (χ1v) is 6.47. The van der Waals surface area contributed by atoms with Crippen molar-refractivity contribution in [3.8, 4) is 0 Å². The SMILES string of the molecule is CC(C)(C)C1CN(c2ccc(N)c(Br)c2)C1. The van der Waals surface area contributed by atoms with Crippen molar-refractivity contribution in [2.24, 2.45) is 11.3 Å². The van der Waals surface area contributed by atoms with E-state index in [9.17, 15) is 0 Å². The molecule has 0 bridgehead atoms. The summed E-state index contributed by atoms with van der Waals surface area (Å²) in [7, 11) is 0. The Morgan fingerprint density at radius 1 is 1.31 bits per heavy atom. The summed E-state index contributed by atoms with van der Waals surface area (Å²) in [4.78, 5) is 2.40. The van der Waals surface area contributed by atoms with Gasteiger partial charge < -0.3 is 10.6 Å². The second kappa shape index (κ2) is 3.95. The Morgan fingerprint density at radius 2 is 1.94 bits per heavy atom. The zero-order valence-corrected chi connectivity index (χ0v) is 11.7. The lowest BCUT2D eigenvalue weighted by Crippen LogP contribution is -2.52. The summed E-state index contributed by atoms with van der Waals surface area (Å²) < 4.78 is 0.990. The van der Waals surface area contributed by atoms with E-state index in [0.29, 0.717) is 5.41 Å². The number of nitrogen functional groups attached to an aromatic ring is 1. The molecule has 1 aliphatic rings. The number of anilines is 2. The molecule has 0 aliphatic carbocycles. The van der Waals surface area contributed by atoms with Gasteiger partial charge in [-0.25, -0.2) is 0 Å². The molecule has 1 aromatic rings. The molecule has 2 N–H and O–H groups in total. The number of nitrogens with two attached hydrogens (primary N) is 1. The highest BCUT2D eigenvalue weighted by molar-refractivity contribution is 9.10. The maximum atomic E-state index is 5.78. The lowest BCUT2D eigenvalue weighted by Gasteiger charge is -2.47. The molecule has 0 unspecified atom stereocenters. The van der Waals surface area contributed by atoms with Gasteiger partial charge >= 0.3 is 0 Å². The average Bonchev–Trinajstić information content (AvgIpc) is 2.06. The predicted molar refractivity (Wildman–Crippen MR) is 73.7 cm³/mol. The van der Waals surface area contributed by atoms with Crippen molar-refractivity contribution in [2.75, 3.05) is 23.7 Å². The molecule has 2 nitrogen and oxygen atoms in total. The van der Waals surface area contributed by atoms with Crippen LogP contribution >= 0.6 is 15.9 Å². The molecule has 88 valence electrons. The maximum Gasteiger partial charge on any atom is 0.0460 e. The van der Waals surface area contributed by atoms with E-state index in [1.807, 2.05) is 6.07 Å². The molecule has 1 aromatic carbocycles. The highest BCUT2D eigenvalue weighted by Gasteiger charge is 2.35.